The van der Waals surface area contributed by atoms with Crippen LogP contribution in [0.2, 0.25) is 10.0 Å². The fourth-order valence-electron chi connectivity index (χ4n) is 5.22. The van der Waals surface area contributed by atoms with E-state index in [4.69, 9.17) is 52.3 Å². The number of nitrogens with zero attached hydrogens (tertiary/aromatic N) is 3. The average molecular weight is 527 g/mol. The van der Waals surface area contributed by atoms with Crippen molar-refractivity contribution in [1.82, 2.24) is 0 Å². The summed E-state index contributed by atoms with van der Waals surface area (Å²) in [4.78, 5) is 0. The van der Waals surface area contributed by atoms with Crippen LogP contribution in [0, 0.1) is 56.2 Å². The van der Waals surface area contributed by atoms with Gasteiger partial charge in [0.2, 0.25) is 22.8 Å². The normalized spacial score (nSPS) is 27.7. The van der Waals surface area contributed by atoms with Gasteiger partial charge in [0.1, 0.15) is 6.10 Å². The molecule has 184 valence electrons. The van der Waals surface area contributed by atoms with Crippen LogP contribution in [0.15, 0.2) is 30.3 Å². The second kappa shape index (κ2) is 8.76. The summed E-state index contributed by atoms with van der Waals surface area (Å²) in [6, 6.07) is 13.8. The molecule has 0 aliphatic carbocycles. The molecule has 1 N–H and O–H groups in total. The summed E-state index contributed by atoms with van der Waals surface area (Å²) in [5.74, 6) is -2.72. The molecule has 4 rings (SSSR count). The topological polar surface area (TPSA) is 141 Å². The Balaban J connectivity index is 2.11. The lowest BCUT2D eigenvalue weighted by atomic mass is 9.53. The van der Waals surface area contributed by atoms with Crippen molar-refractivity contribution in [2.45, 2.75) is 18.8 Å². The van der Waals surface area contributed by atoms with Gasteiger partial charge in [0.25, 0.3) is 0 Å². The summed E-state index contributed by atoms with van der Waals surface area (Å²) in [6.45, 7) is 1.58. The SMILES string of the molecule is COc1ccc(C2OC3(c4ccc(Cl)cc4Cl)OC(=N)C(C#N)(C3C)C2(C#N)C#N)c(OC)c1OC. The van der Waals surface area contributed by atoms with Gasteiger partial charge in [-0.3, -0.25) is 5.41 Å². The highest BCUT2D eigenvalue weighted by Crippen LogP contribution is 2.70. The minimum absolute atomic E-state index is 0.127. The zero-order valence-corrected chi connectivity index (χ0v) is 21.2. The van der Waals surface area contributed by atoms with Gasteiger partial charge in [-0.25, -0.2) is 0 Å². The maximum Gasteiger partial charge on any atom is 0.245 e. The lowest BCUT2D eigenvalue weighted by molar-refractivity contribution is -0.288. The van der Waals surface area contributed by atoms with Crippen molar-refractivity contribution in [2.75, 3.05) is 21.3 Å². The number of methoxy groups -OCH3 is 3. The molecule has 2 aliphatic rings. The highest BCUT2D eigenvalue weighted by molar-refractivity contribution is 6.35. The zero-order chi connectivity index (χ0) is 26.5. The first-order valence-corrected chi connectivity index (χ1v) is 11.4. The molecule has 0 saturated carbocycles. The molecule has 2 fully saturated rings. The Kier molecular flexibility index (Phi) is 6.19. The van der Waals surface area contributed by atoms with Crippen molar-refractivity contribution in [1.29, 1.82) is 21.2 Å². The van der Waals surface area contributed by atoms with Crippen LogP contribution in [0.25, 0.3) is 0 Å². The molecule has 4 unspecified atom stereocenters. The number of rotatable bonds is 5. The van der Waals surface area contributed by atoms with Crippen molar-refractivity contribution in [3.63, 3.8) is 0 Å². The molecule has 2 aromatic carbocycles. The second-order valence-corrected chi connectivity index (χ2v) is 9.16. The van der Waals surface area contributed by atoms with Crippen LogP contribution in [0.1, 0.15) is 24.2 Å². The second-order valence-electron chi connectivity index (χ2n) is 8.32. The highest BCUT2D eigenvalue weighted by atomic mass is 35.5. The predicted octanol–water partition coefficient (Wildman–Crippen LogP) is 5.13. The summed E-state index contributed by atoms with van der Waals surface area (Å²) in [6.07, 6.45) is -1.44. The lowest BCUT2D eigenvalue weighted by Gasteiger charge is -2.49. The minimum Gasteiger partial charge on any atom is -0.493 e. The average Bonchev–Trinajstić information content (AvgIpc) is 3.03. The molecule has 2 saturated heterocycles. The summed E-state index contributed by atoms with van der Waals surface area (Å²) in [7, 11) is 4.23. The van der Waals surface area contributed by atoms with Crippen molar-refractivity contribution in [3.05, 3.63) is 51.5 Å². The Labute approximate surface area is 217 Å². The van der Waals surface area contributed by atoms with Crippen LogP contribution in [0.4, 0.5) is 0 Å². The highest BCUT2D eigenvalue weighted by Gasteiger charge is 2.80. The first-order valence-electron chi connectivity index (χ1n) is 10.6. The van der Waals surface area contributed by atoms with Crippen LogP contribution in [0.3, 0.4) is 0 Å². The van der Waals surface area contributed by atoms with Crippen molar-refractivity contribution in [3.8, 4) is 35.5 Å². The Morgan fingerprint density at radius 3 is 2.14 bits per heavy atom. The molecule has 2 aromatic rings. The van der Waals surface area contributed by atoms with E-state index in [1.165, 1.54) is 27.4 Å². The minimum atomic E-state index is -2.22. The van der Waals surface area contributed by atoms with Gasteiger partial charge in [-0.1, -0.05) is 30.1 Å². The third-order valence-corrected chi connectivity index (χ3v) is 7.54. The van der Waals surface area contributed by atoms with E-state index < -0.39 is 34.5 Å². The third kappa shape index (κ3) is 2.93. The van der Waals surface area contributed by atoms with Crippen LogP contribution in [0.5, 0.6) is 17.2 Å². The zero-order valence-electron chi connectivity index (χ0n) is 19.7. The Hall–Kier alpha value is -3.68. The molecular weight excluding hydrogens is 507 g/mol. The van der Waals surface area contributed by atoms with E-state index in [0.29, 0.717) is 10.8 Å². The standard InChI is InChI=1S/C25H20Cl2N4O5/c1-13-24(12-30)22(31)36-25(13,16-7-5-14(26)9-17(16)27)35-21(23(24,10-28)11-29)15-6-8-18(32-2)20(34-4)19(15)33-3/h5-9,13,21,31H,1-4H3. The quantitative estimate of drug-likeness (QED) is 0.564. The van der Waals surface area contributed by atoms with Gasteiger partial charge in [-0.05, 0) is 30.3 Å². The van der Waals surface area contributed by atoms with E-state index in [-0.39, 0.29) is 27.6 Å². The fourth-order valence-corrected chi connectivity index (χ4v) is 5.77. The fraction of sp³-hybridized carbons (Fsp3) is 0.360. The first kappa shape index (κ1) is 25.4. The molecule has 2 heterocycles. The summed E-state index contributed by atoms with van der Waals surface area (Å²) < 4.78 is 29.0. The van der Waals surface area contributed by atoms with Crippen LogP contribution < -0.4 is 14.2 Å². The van der Waals surface area contributed by atoms with E-state index >= 15 is 0 Å². The molecule has 0 radical (unpaired) electrons. The largest absolute Gasteiger partial charge is 0.493 e. The molecule has 4 atom stereocenters. The number of halogens is 2. The van der Waals surface area contributed by atoms with E-state index in [2.05, 4.69) is 6.07 Å². The van der Waals surface area contributed by atoms with E-state index in [1.54, 1.807) is 31.2 Å². The molecule has 9 nitrogen and oxygen atoms in total. The molecule has 36 heavy (non-hydrogen) atoms. The van der Waals surface area contributed by atoms with Gasteiger partial charge in [0, 0.05) is 16.1 Å². The maximum atomic E-state index is 10.5. The van der Waals surface area contributed by atoms with Gasteiger partial charge < -0.3 is 23.7 Å². The summed E-state index contributed by atoms with van der Waals surface area (Å²) in [5.41, 5.74) is -3.74. The molecule has 0 aromatic heterocycles. The molecule has 0 amide bonds. The number of ether oxygens (including phenoxy) is 5. The Morgan fingerprint density at radius 1 is 0.944 bits per heavy atom. The van der Waals surface area contributed by atoms with E-state index in [0.717, 1.165) is 0 Å². The van der Waals surface area contributed by atoms with Crippen molar-refractivity contribution < 1.29 is 23.7 Å². The number of nitriles is 3. The number of fused-ring (bicyclic) bond motifs is 2. The number of benzene rings is 2. The Morgan fingerprint density at radius 2 is 1.61 bits per heavy atom. The molecule has 0 spiro atoms. The van der Waals surface area contributed by atoms with Gasteiger partial charge in [-0.2, -0.15) is 15.8 Å². The predicted molar refractivity (Wildman–Crippen MR) is 128 cm³/mol. The molecular formula is C25H20Cl2N4O5. The van der Waals surface area contributed by atoms with E-state index in [1.807, 2.05) is 12.1 Å². The number of nitrogens with one attached hydrogen (secondary N) is 1. The maximum absolute atomic E-state index is 10.5. The van der Waals surface area contributed by atoms with Crippen molar-refractivity contribution in [2.24, 2.45) is 16.7 Å². The van der Waals surface area contributed by atoms with E-state index in [9.17, 15) is 15.8 Å². The number of hydrogen-bond acceptors (Lipinski definition) is 9. The van der Waals surface area contributed by atoms with Gasteiger partial charge in [0.15, 0.2) is 16.9 Å². The number of hydrogen-bond donors (Lipinski definition) is 1. The lowest BCUT2D eigenvalue weighted by Crippen LogP contribution is -2.57. The first-order chi connectivity index (χ1) is 17.2. The smallest absolute Gasteiger partial charge is 0.245 e. The third-order valence-electron chi connectivity index (χ3n) is 6.99. The van der Waals surface area contributed by atoms with Crippen LogP contribution in [-0.4, -0.2) is 27.2 Å². The van der Waals surface area contributed by atoms with Crippen molar-refractivity contribution >= 4 is 29.1 Å². The summed E-state index contributed by atoms with van der Waals surface area (Å²) >= 11 is 12.6. The summed E-state index contributed by atoms with van der Waals surface area (Å²) in [5, 5.41) is 40.7. The van der Waals surface area contributed by atoms with Crippen LogP contribution >= 0.6 is 23.2 Å². The molecule has 2 bridgehead atoms. The monoisotopic (exact) mass is 526 g/mol. The molecule has 11 heteroatoms. The molecule has 2 aliphatic heterocycles. The van der Waals surface area contributed by atoms with Crippen LogP contribution in [-0.2, 0) is 15.3 Å². The van der Waals surface area contributed by atoms with Gasteiger partial charge in [0.05, 0.1) is 50.5 Å². The van der Waals surface area contributed by atoms with Gasteiger partial charge in [-0.15, -0.1) is 0 Å². The Bertz CT molecular complexity index is 1380. The van der Waals surface area contributed by atoms with Gasteiger partial charge >= 0.3 is 0 Å².